The zero-order valence-electron chi connectivity index (χ0n) is 11.2. The topological polar surface area (TPSA) is 24.9 Å². The van der Waals surface area contributed by atoms with Crippen LogP contribution in [0, 0.1) is 6.92 Å². The lowest BCUT2D eigenvalue weighted by atomic mass is 10.1. The Labute approximate surface area is 127 Å². The second-order valence-electron chi connectivity index (χ2n) is 4.75. The summed E-state index contributed by atoms with van der Waals surface area (Å²) in [6.45, 7) is 2.07. The zero-order valence-corrected chi connectivity index (χ0v) is 12.9. The molecule has 0 spiro atoms. The average molecular weight is 300 g/mol. The van der Waals surface area contributed by atoms with Gasteiger partial charge in [-0.1, -0.05) is 12.1 Å². The van der Waals surface area contributed by atoms with Gasteiger partial charge in [0.15, 0.2) is 0 Å². The van der Waals surface area contributed by atoms with Gasteiger partial charge in [-0.05, 0) is 41.4 Å². The molecule has 3 aromatic rings. The number of aromatic nitrogens is 1. The van der Waals surface area contributed by atoms with Gasteiger partial charge in [-0.15, -0.1) is 22.7 Å². The quantitative estimate of drug-likeness (QED) is 0.724. The first-order chi connectivity index (χ1) is 9.81. The van der Waals surface area contributed by atoms with E-state index in [0.717, 1.165) is 12.1 Å². The number of nitrogens with one attached hydrogen (secondary N) is 1. The largest absolute Gasteiger partial charge is 0.376 e. The van der Waals surface area contributed by atoms with Crippen LogP contribution in [0.1, 0.15) is 21.4 Å². The Morgan fingerprint density at radius 3 is 2.70 bits per heavy atom. The number of hydrogen-bond donors (Lipinski definition) is 1. The minimum atomic E-state index is 0.303. The van der Waals surface area contributed by atoms with Gasteiger partial charge >= 0.3 is 0 Å². The highest BCUT2D eigenvalue weighted by Crippen LogP contribution is 2.28. The number of hydrogen-bond acceptors (Lipinski definition) is 4. The fraction of sp³-hybridized carbons (Fsp3) is 0.188. The maximum atomic E-state index is 4.26. The standard InChI is InChI=1S/C16H16N2S2/c1-12-8-13(11-17-10-12)18-15(16-5-3-7-20-16)9-14-4-2-6-19-14/h2-8,10-11,15,18H,9H2,1H3. The SMILES string of the molecule is Cc1cncc(NC(Cc2cccs2)c2cccs2)c1. The highest BCUT2D eigenvalue weighted by atomic mass is 32.1. The molecule has 1 N–H and O–H groups in total. The Hall–Kier alpha value is -1.65. The van der Waals surface area contributed by atoms with Crippen molar-refractivity contribution >= 4 is 28.4 Å². The lowest BCUT2D eigenvalue weighted by Crippen LogP contribution is -2.12. The molecule has 0 aromatic carbocycles. The normalized spacial score (nSPS) is 12.2. The molecule has 0 aliphatic rings. The second kappa shape index (κ2) is 6.20. The monoisotopic (exact) mass is 300 g/mol. The maximum absolute atomic E-state index is 4.26. The van der Waals surface area contributed by atoms with Crippen molar-refractivity contribution in [1.82, 2.24) is 4.98 Å². The number of pyridine rings is 1. The highest BCUT2D eigenvalue weighted by molar-refractivity contribution is 7.10. The molecule has 0 bridgehead atoms. The van der Waals surface area contributed by atoms with E-state index in [1.807, 2.05) is 23.7 Å². The Balaban J connectivity index is 1.82. The van der Waals surface area contributed by atoms with Crippen molar-refractivity contribution in [3.8, 4) is 0 Å². The fourth-order valence-corrected chi connectivity index (χ4v) is 3.71. The highest BCUT2D eigenvalue weighted by Gasteiger charge is 2.14. The van der Waals surface area contributed by atoms with Gasteiger partial charge in [-0.2, -0.15) is 0 Å². The summed E-state index contributed by atoms with van der Waals surface area (Å²) >= 11 is 3.61. The molecule has 1 unspecified atom stereocenters. The van der Waals surface area contributed by atoms with Gasteiger partial charge < -0.3 is 5.32 Å². The zero-order chi connectivity index (χ0) is 13.8. The number of nitrogens with zero attached hydrogens (tertiary/aromatic N) is 1. The van der Waals surface area contributed by atoms with Crippen molar-refractivity contribution in [2.75, 3.05) is 5.32 Å². The molecular formula is C16H16N2S2. The van der Waals surface area contributed by atoms with Crippen LogP contribution < -0.4 is 5.32 Å². The van der Waals surface area contributed by atoms with Gasteiger partial charge in [0.25, 0.3) is 0 Å². The number of anilines is 1. The molecule has 3 rings (SSSR count). The Morgan fingerprint density at radius 1 is 1.15 bits per heavy atom. The Morgan fingerprint density at radius 2 is 2.00 bits per heavy atom. The fourth-order valence-electron chi connectivity index (χ4n) is 2.18. The molecule has 1 atom stereocenters. The van der Waals surface area contributed by atoms with Crippen LogP contribution in [-0.2, 0) is 6.42 Å². The molecule has 0 saturated carbocycles. The number of rotatable bonds is 5. The molecule has 0 fully saturated rings. The van der Waals surface area contributed by atoms with Crippen molar-refractivity contribution in [3.05, 3.63) is 68.8 Å². The minimum Gasteiger partial charge on any atom is -0.376 e. The molecule has 0 aliphatic carbocycles. The van der Waals surface area contributed by atoms with Crippen molar-refractivity contribution in [3.63, 3.8) is 0 Å². The molecule has 2 nitrogen and oxygen atoms in total. The minimum absolute atomic E-state index is 0.303. The lowest BCUT2D eigenvalue weighted by molar-refractivity contribution is 0.801. The third-order valence-electron chi connectivity index (χ3n) is 3.09. The van der Waals surface area contributed by atoms with Gasteiger partial charge in [-0.25, -0.2) is 0 Å². The molecule has 3 aromatic heterocycles. The summed E-state index contributed by atoms with van der Waals surface area (Å²) in [5.41, 5.74) is 2.26. The van der Waals surface area contributed by atoms with Crippen molar-refractivity contribution in [1.29, 1.82) is 0 Å². The number of aryl methyl sites for hydroxylation is 1. The van der Waals surface area contributed by atoms with Crippen LogP contribution in [0.25, 0.3) is 0 Å². The lowest BCUT2D eigenvalue weighted by Gasteiger charge is -2.18. The molecule has 0 radical (unpaired) electrons. The summed E-state index contributed by atoms with van der Waals surface area (Å²) < 4.78 is 0. The van der Waals surface area contributed by atoms with Crippen LogP contribution in [0.15, 0.2) is 53.5 Å². The van der Waals surface area contributed by atoms with Crippen molar-refractivity contribution < 1.29 is 0 Å². The van der Waals surface area contributed by atoms with Gasteiger partial charge in [0.2, 0.25) is 0 Å². The summed E-state index contributed by atoms with van der Waals surface area (Å²) in [6.07, 6.45) is 4.78. The van der Waals surface area contributed by atoms with E-state index in [9.17, 15) is 0 Å². The van der Waals surface area contributed by atoms with E-state index in [1.165, 1.54) is 15.3 Å². The van der Waals surface area contributed by atoms with Crippen LogP contribution in [0.3, 0.4) is 0 Å². The Kier molecular flexibility index (Phi) is 4.14. The van der Waals surface area contributed by atoms with Crippen LogP contribution in [-0.4, -0.2) is 4.98 Å². The van der Waals surface area contributed by atoms with Crippen LogP contribution in [0.4, 0.5) is 5.69 Å². The van der Waals surface area contributed by atoms with E-state index in [2.05, 4.69) is 58.3 Å². The molecule has 20 heavy (non-hydrogen) atoms. The Bertz CT molecular complexity index is 645. The van der Waals surface area contributed by atoms with Gasteiger partial charge in [0.05, 0.1) is 11.7 Å². The van der Waals surface area contributed by atoms with E-state index < -0.39 is 0 Å². The summed E-state index contributed by atoms with van der Waals surface area (Å²) in [6, 6.07) is 11.1. The predicted octanol–water partition coefficient (Wildman–Crippen LogP) is 4.91. The first-order valence-corrected chi connectivity index (χ1v) is 8.31. The predicted molar refractivity (Wildman–Crippen MR) is 87.7 cm³/mol. The van der Waals surface area contributed by atoms with Gasteiger partial charge in [0, 0.05) is 28.6 Å². The summed E-state index contributed by atoms with van der Waals surface area (Å²) in [7, 11) is 0. The first-order valence-electron chi connectivity index (χ1n) is 6.55. The van der Waals surface area contributed by atoms with Crippen LogP contribution in [0.5, 0.6) is 0 Å². The molecule has 0 saturated heterocycles. The summed E-state index contributed by atoms with van der Waals surface area (Å²) in [4.78, 5) is 7.02. The molecule has 0 amide bonds. The summed E-state index contributed by atoms with van der Waals surface area (Å²) in [5.74, 6) is 0. The van der Waals surface area contributed by atoms with E-state index >= 15 is 0 Å². The first kappa shape index (κ1) is 13.3. The van der Waals surface area contributed by atoms with E-state index in [1.54, 1.807) is 11.3 Å². The third kappa shape index (κ3) is 3.26. The summed E-state index contributed by atoms with van der Waals surface area (Å²) in [5, 5.41) is 7.88. The maximum Gasteiger partial charge on any atom is 0.0655 e. The van der Waals surface area contributed by atoms with E-state index in [4.69, 9.17) is 0 Å². The van der Waals surface area contributed by atoms with Crippen molar-refractivity contribution in [2.24, 2.45) is 0 Å². The molecule has 4 heteroatoms. The molecular weight excluding hydrogens is 284 g/mol. The third-order valence-corrected chi connectivity index (χ3v) is 4.97. The average Bonchev–Trinajstić information content (AvgIpc) is 3.11. The van der Waals surface area contributed by atoms with Crippen LogP contribution >= 0.6 is 22.7 Å². The van der Waals surface area contributed by atoms with Gasteiger partial charge in [0.1, 0.15) is 0 Å². The molecule has 0 aliphatic heterocycles. The van der Waals surface area contributed by atoms with Crippen molar-refractivity contribution in [2.45, 2.75) is 19.4 Å². The van der Waals surface area contributed by atoms with E-state index in [-0.39, 0.29) is 0 Å². The number of thiophene rings is 2. The molecule has 102 valence electrons. The molecule has 3 heterocycles. The van der Waals surface area contributed by atoms with Gasteiger partial charge in [-0.3, -0.25) is 4.98 Å². The van der Waals surface area contributed by atoms with E-state index in [0.29, 0.717) is 6.04 Å². The second-order valence-corrected chi connectivity index (χ2v) is 6.76. The smallest absolute Gasteiger partial charge is 0.0655 e. The van der Waals surface area contributed by atoms with Crippen LogP contribution in [0.2, 0.25) is 0 Å².